The van der Waals surface area contributed by atoms with E-state index in [9.17, 15) is 39.6 Å². The quantitative estimate of drug-likeness (QED) is 0.182. The predicted molar refractivity (Wildman–Crippen MR) is 164 cm³/mol. The Labute approximate surface area is 258 Å². The van der Waals surface area contributed by atoms with Gasteiger partial charge in [0.1, 0.15) is 22.8 Å². The summed E-state index contributed by atoms with van der Waals surface area (Å²) < 4.78 is 5.12. The molecule has 5 rings (SSSR count). The number of carbonyl (C=O) groups is 4. The highest BCUT2D eigenvalue weighted by Gasteiger charge is 2.63. The Balaban J connectivity index is 1.60. The van der Waals surface area contributed by atoms with Crippen molar-refractivity contribution in [3.8, 4) is 11.5 Å². The van der Waals surface area contributed by atoms with Crippen molar-refractivity contribution in [2.45, 2.75) is 24.5 Å². The Bertz CT molecular complexity index is 1700. The minimum absolute atomic E-state index is 0.0380. The third-order valence-electron chi connectivity index (χ3n) is 8.78. The molecule has 8 N–H and O–H groups in total. The highest BCUT2D eigenvalue weighted by Crippen LogP contribution is 2.54. The number of hydrogen-bond acceptors (Lipinski definition) is 11. The van der Waals surface area contributed by atoms with Crippen LogP contribution in [0.15, 0.2) is 53.0 Å². The maximum Gasteiger partial charge on any atom is 0.323 e. The van der Waals surface area contributed by atoms with Crippen molar-refractivity contribution >= 4 is 40.6 Å². The van der Waals surface area contributed by atoms with E-state index in [1.807, 2.05) is 0 Å². The van der Waals surface area contributed by atoms with E-state index >= 15 is 0 Å². The molecule has 0 fully saturated rings. The van der Waals surface area contributed by atoms with Gasteiger partial charge in [0.05, 0.1) is 24.4 Å². The Morgan fingerprint density at radius 3 is 2.24 bits per heavy atom. The molecule has 4 atom stereocenters. The molecule has 0 heterocycles. The molecule has 1 unspecified atom stereocenters. The van der Waals surface area contributed by atoms with Gasteiger partial charge in [-0.1, -0.05) is 0 Å². The number of amides is 3. The monoisotopic (exact) mass is 621 g/mol. The normalized spacial score (nSPS) is 24.1. The van der Waals surface area contributed by atoms with Gasteiger partial charge in [0.25, 0.3) is 5.91 Å². The van der Waals surface area contributed by atoms with Gasteiger partial charge in [0.2, 0.25) is 5.78 Å². The van der Waals surface area contributed by atoms with E-state index in [0.29, 0.717) is 22.7 Å². The molecule has 3 aliphatic rings. The summed E-state index contributed by atoms with van der Waals surface area (Å²) in [7, 11) is 8.08. The van der Waals surface area contributed by atoms with Gasteiger partial charge in [-0.2, -0.15) is 0 Å². The second-order valence-corrected chi connectivity index (χ2v) is 11.8. The van der Waals surface area contributed by atoms with Crippen molar-refractivity contribution in [1.82, 2.24) is 4.90 Å². The first-order valence-corrected chi connectivity index (χ1v) is 14.1. The molecule has 0 saturated heterocycles. The van der Waals surface area contributed by atoms with Crippen molar-refractivity contribution < 1.29 is 44.3 Å². The summed E-state index contributed by atoms with van der Waals surface area (Å²) in [5, 5.41) is 50.8. The third kappa shape index (κ3) is 4.82. The molecular weight excluding hydrogens is 586 g/mol. The largest absolute Gasteiger partial charge is 0.510 e. The van der Waals surface area contributed by atoms with Gasteiger partial charge >= 0.3 is 6.03 Å². The van der Waals surface area contributed by atoms with Crippen LogP contribution in [0.2, 0.25) is 0 Å². The number of primary amides is 1. The van der Waals surface area contributed by atoms with E-state index in [1.165, 1.54) is 18.1 Å². The number of benzene rings is 2. The van der Waals surface area contributed by atoms with E-state index in [4.69, 9.17) is 10.5 Å². The van der Waals surface area contributed by atoms with Crippen molar-refractivity contribution in [3.63, 3.8) is 0 Å². The van der Waals surface area contributed by atoms with Crippen LogP contribution in [-0.4, -0.2) is 95.8 Å². The summed E-state index contributed by atoms with van der Waals surface area (Å²) >= 11 is 0. The topological polar surface area (TPSA) is 215 Å². The molecule has 0 aromatic heterocycles. The lowest BCUT2D eigenvalue weighted by Crippen LogP contribution is -2.63. The molecule has 0 saturated carbocycles. The number of nitrogens with one attached hydrogen (secondary N) is 2. The molecule has 2 aromatic carbocycles. The maximum absolute atomic E-state index is 14.1. The van der Waals surface area contributed by atoms with Gasteiger partial charge in [0.15, 0.2) is 17.1 Å². The van der Waals surface area contributed by atoms with Crippen LogP contribution in [0.4, 0.5) is 21.9 Å². The summed E-state index contributed by atoms with van der Waals surface area (Å²) in [6, 6.07) is 6.23. The molecule has 45 heavy (non-hydrogen) atoms. The molecule has 14 nitrogen and oxygen atoms in total. The van der Waals surface area contributed by atoms with Crippen molar-refractivity contribution in [2.75, 3.05) is 50.8 Å². The first kappa shape index (κ1) is 31.3. The van der Waals surface area contributed by atoms with Crippen LogP contribution in [0.3, 0.4) is 0 Å². The molecule has 0 bridgehead atoms. The smallest absolute Gasteiger partial charge is 0.323 e. The maximum atomic E-state index is 14.1. The number of methoxy groups -OCH3 is 1. The molecule has 238 valence electrons. The van der Waals surface area contributed by atoms with Crippen LogP contribution in [-0.2, 0) is 16.0 Å². The number of phenolic OH excluding ortho intramolecular Hbond substituents is 1. The SMILES string of the molecule is COc1ccc(NC(=O)Nc2cc(N(C)C)c3c(c2O)C(=O)C2=C(O)[C@]4(O)C(=O)C(C(N)=O)=C(O)C(N(C)C)[C@@H]4C[C@@H]2C3)cc1. The number of fused-ring (bicyclic) bond motifs is 3. The lowest BCUT2D eigenvalue weighted by Gasteiger charge is -2.50. The fraction of sp³-hybridized carbons (Fsp3) is 0.355. The minimum Gasteiger partial charge on any atom is -0.510 e. The fourth-order valence-corrected chi connectivity index (χ4v) is 6.75. The number of aliphatic hydroxyl groups excluding tert-OH is 2. The molecule has 14 heteroatoms. The number of carbonyl (C=O) groups excluding carboxylic acids is 4. The Morgan fingerprint density at radius 1 is 1.04 bits per heavy atom. The van der Waals surface area contributed by atoms with Crippen LogP contribution in [0, 0.1) is 11.8 Å². The zero-order valence-electron chi connectivity index (χ0n) is 25.3. The number of nitrogens with zero attached hydrogens (tertiary/aromatic N) is 2. The van der Waals surface area contributed by atoms with Crippen LogP contribution in [0.25, 0.3) is 0 Å². The molecule has 3 aliphatic carbocycles. The molecule has 0 aliphatic heterocycles. The summed E-state index contributed by atoms with van der Waals surface area (Å²) in [4.78, 5) is 55.9. The standard InChI is InChI=1S/C31H35N5O9/c1-35(2)19-12-18(34-30(43)33-14-6-8-15(45-5)9-7-14)24(37)21-16(19)10-13-11-17-23(36(3)4)26(39)22(29(32)42)28(41)31(17,44)27(40)20(13)25(21)38/h6-9,12-13,17,23,37,39-40,44H,10-11H2,1-5H3,(H2,32,42)(H2,33,34,43)/t13-,17-,23?,31-/m0/s1. The van der Waals surface area contributed by atoms with Gasteiger partial charge < -0.3 is 46.4 Å². The van der Waals surface area contributed by atoms with Gasteiger partial charge in [-0.15, -0.1) is 0 Å². The van der Waals surface area contributed by atoms with Crippen molar-refractivity contribution in [2.24, 2.45) is 17.6 Å². The van der Waals surface area contributed by atoms with Crippen LogP contribution in [0.1, 0.15) is 22.3 Å². The number of rotatable bonds is 6. The molecule has 3 amide bonds. The van der Waals surface area contributed by atoms with Crippen LogP contribution in [0.5, 0.6) is 11.5 Å². The highest BCUT2D eigenvalue weighted by atomic mass is 16.5. The molecule has 0 spiro atoms. The van der Waals surface area contributed by atoms with E-state index in [0.717, 1.165) is 0 Å². The summed E-state index contributed by atoms with van der Waals surface area (Å²) in [5.74, 6) is -6.94. The average Bonchev–Trinajstić information content (AvgIpc) is 2.96. The fourth-order valence-electron chi connectivity index (χ4n) is 6.75. The highest BCUT2D eigenvalue weighted by molar-refractivity contribution is 6.25. The van der Waals surface area contributed by atoms with Gasteiger partial charge in [-0.05, 0) is 68.8 Å². The molecule has 0 radical (unpaired) electrons. The van der Waals surface area contributed by atoms with Crippen molar-refractivity contribution in [3.05, 3.63) is 64.1 Å². The van der Waals surface area contributed by atoms with Gasteiger partial charge in [-0.3, -0.25) is 19.3 Å². The number of ether oxygens (including phenoxy) is 1. The van der Waals surface area contributed by atoms with E-state index in [1.54, 1.807) is 57.4 Å². The first-order chi connectivity index (χ1) is 21.1. The van der Waals surface area contributed by atoms with Gasteiger partial charge in [0, 0.05) is 37.0 Å². The third-order valence-corrected chi connectivity index (χ3v) is 8.78. The van der Waals surface area contributed by atoms with E-state index in [-0.39, 0.29) is 29.7 Å². The zero-order chi connectivity index (χ0) is 33.1. The summed E-state index contributed by atoms with van der Waals surface area (Å²) in [6.07, 6.45) is 0.0671. The van der Waals surface area contributed by atoms with Gasteiger partial charge in [-0.25, -0.2) is 4.79 Å². The Morgan fingerprint density at radius 2 is 1.69 bits per heavy atom. The number of aliphatic hydroxyl groups is 3. The predicted octanol–water partition coefficient (Wildman–Crippen LogP) is 1.84. The lowest BCUT2D eigenvalue weighted by molar-refractivity contribution is -0.148. The number of aromatic hydroxyl groups is 1. The number of allylic oxidation sites excluding steroid dienone is 1. The number of phenols is 1. The van der Waals surface area contributed by atoms with E-state index < -0.39 is 69.8 Å². The Kier molecular flexibility index (Phi) is 7.75. The number of ketones is 2. The number of anilines is 3. The summed E-state index contributed by atoms with van der Waals surface area (Å²) in [6.45, 7) is 0. The van der Waals surface area contributed by atoms with Crippen LogP contribution >= 0.6 is 0 Å². The number of urea groups is 1. The lowest BCUT2D eigenvalue weighted by atomic mass is 9.58. The Hall–Kier alpha value is -5.08. The second kappa shape index (κ2) is 11.1. The number of hydrogen-bond donors (Lipinski definition) is 7. The van der Waals surface area contributed by atoms with Crippen LogP contribution < -0.4 is 26.0 Å². The average molecular weight is 622 g/mol. The van der Waals surface area contributed by atoms with E-state index in [2.05, 4.69) is 10.6 Å². The van der Waals surface area contributed by atoms with Crippen molar-refractivity contribution in [1.29, 1.82) is 0 Å². The number of likely N-dealkylation sites (N-methyl/N-ethyl adjacent to an activating group) is 1. The minimum atomic E-state index is -2.75. The number of nitrogens with two attached hydrogens (primary N) is 1. The number of Topliss-reactive ketones (excluding diaryl/α,β-unsaturated/α-hetero) is 2. The zero-order valence-corrected chi connectivity index (χ0v) is 25.3. The molecular formula is C31H35N5O9. The molecule has 2 aromatic rings. The second-order valence-electron chi connectivity index (χ2n) is 11.8. The first-order valence-electron chi connectivity index (χ1n) is 14.1. The summed E-state index contributed by atoms with van der Waals surface area (Å²) in [5.41, 5.74) is 2.49.